The van der Waals surface area contributed by atoms with E-state index in [1.807, 2.05) is 71.6 Å². The molecule has 10 nitrogen and oxygen atoms in total. The summed E-state index contributed by atoms with van der Waals surface area (Å²) in [6.45, 7) is 3.81. The van der Waals surface area contributed by atoms with Gasteiger partial charge in [-0.25, -0.2) is 14.8 Å². The van der Waals surface area contributed by atoms with Gasteiger partial charge in [-0.05, 0) is 117 Å². The first kappa shape index (κ1) is 32.5. The summed E-state index contributed by atoms with van der Waals surface area (Å²) in [6, 6.07) is 25.9. The number of carbonyl (C=O) groups excluding carboxylic acids is 1. The Morgan fingerprint density at radius 1 is 0.959 bits per heavy atom. The molecule has 3 N–H and O–H groups in total. The lowest BCUT2D eigenvalue weighted by Gasteiger charge is -2.31. The molecule has 1 saturated heterocycles. The number of anilines is 3. The molecule has 2 aliphatic rings. The number of amides is 1. The van der Waals surface area contributed by atoms with Crippen LogP contribution in [0.2, 0.25) is 0 Å². The van der Waals surface area contributed by atoms with Crippen molar-refractivity contribution in [2.45, 2.75) is 44.7 Å². The van der Waals surface area contributed by atoms with Crippen molar-refractivity contribution >= 4 is 50.1 Å². The number of aromatic nitrogens is 2. The third-order valence-corrected chi connectivity index (χ3v) is 10.3. The number of thiazole rings is 1. The number of ether oxygens (including phenoxy) is 1. The maximum Gasteiger partial charge on any atom is 0.354 e. The number of likely N-dealkylation sites (tertiary alicyclic amines) is 1. The van der Waals surface area contributed by atoms with Crippen LogP contribution in [0.25, 0.3) is 10.2 Å². The topological polar surface area (TPSA) is 120 Å². The number of rotatable bonds is 11. The summed E-state index contributed by atoms with van der Waals surface area (Å²) in [4.78, 5) is 39.3. The molecule has 7 rings (SSSR count). The molecule has 5 aromatic rings. The minimum absolute atomic E-state index is 0.0505. The van der Waals surface area contributed by atoms with E-state index < -0.39 is 5.97 Å². The monoisotopic (exact) mass is 676 g/mol. The van der Waals surface area contributed by atoms with Gasteiger partial charge in [0.2, 0.25) is 0 Å². The smallest absolute Gasteiger partial charge is 0.354 e. The Hall–Kier alpha value is -5.00. The molecular weight excluding hydrogens is 637 g/mol. The Labute approximate surface area is 289 Å². The number of carboxylic acids is 1. The molecule has 1 fully saturated rings. The largest absolute Gasteiger partial charge is 0.494 e. The number of para-hydroxylation sites is 1. The fraction of sp³-hybridized carbons (Fsp3) is 0.316. The number of pyridine rings is 1. The van der Waals surface area contributed by atoms with Gasteiger partial charge in [-0.1, -0.05) is 41.7 Å². The van der Waals surface area contributed by atoms with E-state index in [9.17, 15) is 14.7 Å². The zero-order chi connectivity index (χ0) is 33.7. The lowest BCUT2D eigenvalue weighted by atomic mass is 9.94. The first-order valence-corrected chi connectivity index (χ1v) is 17.6. The first-order valence-electron chi connectivity index (χ1n) is 16.8. The average Bonchev–Trinajstić information content (AvgIpc) is 3.53. The highest BCUT2D eigenvalue weighted by Gasteiger charge is 2.25. The molecule has 0 spiro atoms. The minimum Gasteiger partial charge on any atom is -0.494 e. The van der Waals surface area contributed by atoms with Gasteiger partial charge < -0.3 is 25.0 Å². The van der Waals surface area contributed by atoms with Gasteiger partial charge in [-0.2, -0.15) is 0 Å². The summed E-state index contributed by atoms with van der Waals surface area (Å²) in [5, 5.41) is 17.2. The van der Waals surface area contributed by atoms with Gasteiger partial charge in [0, 0.05) is 30.4 Å². The molecule has 1 amide bonds. The number of carbonyl (C=O) groups is 2. The highest BCUT2D eigenvalue weighted by atomic mass is 32.1. The predicted molar refractivity (Wildman–Crippen MR) is 194 cm³/mol. The molecule has 252 valence electrons. The molecule has 0 bridgehead atoms. The average molecular weight is 677 g/mol. The predicted octanol–water partition coefficient (Wildman–Crippen LogP) is 6.72. The molecule has 0 atom stereocenters. The van der Waals surface area contributed by atoms with Crippen LogP contribution >= 0.6 is 11.3 Å². The summed E-state index contributed by atoms with van der Waals surface area (Å²) in [5.74, 6) is 0.103. The van der Waals surface area contributed by atoms with Gasteiger partial charge in [0.25, 0.3) is 5.91 Å². The van der Waals surface area contributed by atoms with Crippen LogP contribution in [0.4, 0.5) is 16.6 Å². The van der Waals surface area contributed by atoms with Gasteiger partial charge in [-0.3, -0.25) is 10.1 Å². The highest BCUT2D eigenvalue weighted by Crippen LogP contribution is 2.30. The van der Waals surface area contributed by atoms with Crippen LogP contribution in [0.15, 0.2) is 78.9 Å². The summed E-state index contributed by atoms with van der Waals surface area (Å²) in [7, 11) is 2.16. The van der Waals surface area contributed by atoms with Gasteiger partial charge in [0.05, 0.1) is 16.8 Å². The van der Waals surface area contributed by atoms with E-state index >= 15 is 0 Å². The quantitative estimate of drug-likeness (QED) is 0.131. The Morgan fingerprint density at radius 2 is 1.78 bits per heavy atom. The molecule has 4 heterocycles. The minimum atomic E-state index is -1.06. The van der Waals surface area contributed by atoms with Gasteiger partial charge in [-0.15, -0.1) is 0 Å². The second kappa shape index (κ2) is 14.6. The number of nitrogens with zero attached hydrogens (tertiary/aromatic N) is 4. The normalized spacial score (nSPS) is 15.2. The van der Waals surface area contributed by atoms with Crippen molar-refractivity contribution in [1.29, 1.82) is 0 Å². The van der Waals surface area contributed by atoms with Crippen LogP contribution in [-0.2, 0) is 19.4 Å². The number of hydrogen-bond acceptors (Lipinski definition) is 9. The van der Waals surface area contributed by atoms with Crippen LogP contribution in [0, 0.1) is 0 Å². The second-order valence-corrected chi connectivity index (χ2v) is 13.8. The summed E-state index contributed by atoms with van der Waals surface area (Å²) >= 11 is 1.44. The fourth-order valence-corrected chi connectivity index (χ4v) is 7.47. The third-order valence-electron chi connectivity index (χ3n) is 9.33. The first-order chi connectivity index (χ1) is 23.9. The van der Waals surface area contributed by atoms with Crippen LogP contribution < -0.4 is 20.3 Å². The second-order valence-electron chi connectivity index (χ2n) is 12.7. The molecule has 0 aliphatic carbocycles. The Balaban J connectivity index is 0.961. The molecule has 2 aromatic heterocycles. The molecule has 2 aliphatic heterocycles. The van der Waals surface area contributed by atoms with Gasteiger partial charge in [0.1, 0.15) is 11.6 Å². The maximum absolute atomic E-state index is 13.4. The number of hydrogen-bond donors (Lipinski definition) is 3. The molecule has 0 unspecified atom stereocenters. The van der Waals surface area contributed by atoms with Crippen molar-refractivity contribution < 1.29 is 19.4 Å². The molecular formula is C38H40N6O4S. The maximum atomic E-state index is 13.4. The summed E-state index contributed by atoms with van der Waals surface area (Å²) in [6.07, 6.45) is 4.18. The lowest BCUT2D eigenvalue weighted by molar-refractivity contribution is 0.0689. The van der Waals surface area contributed by atoms with E-state index in [4.69, 9.17) is 4.74 Å². The van der Waals surface area contributed by atoms with Crippen molar-refractivity contribution in [3.8, 4) is 5.75 Å². The third kappa shape index (κ3) is 7.68. The van der Waals surface area contributed by atoms with Crippen molar-refractivity contribution in [2.75, 3.05) is 48.8 Å². The standard InChI is InChI=1S/C38H40N6O4S/c1-43-20-18-28(19-21-43)39-27-12-14-29(15-13-27)48-23-5-7-26-11-16-34(41-35(26)37(46)47)44-22-17-25-6-4-8-30(31(25)24-44)36(45)42-38-40-32-9-2-3-10-33(32)49-38/h2-4,6,8-16,28,39H,5,7,17-24H2,1H3,(H,46,47)(H,40,42,45). The SMILES string of the molecule is CN1CCC(Nc2ccc(OCCCc3ccc(N4CCc5cccc(C(=O)Nc6nc7ccccc7s6)c5C4)nc3C(=O)O)cc2)CC1. The zero-order valence-electron chi connectivity index (χ0n) is 27.5. The number of piperidine rings is 1. The zero-order valence-corrected chi connectivity index (χ0v) is 28.3. The van der Waals surface area contributed by atoms with Crippen LogP contribution in [0.3, 0.4) is 0 Å². The van der Waals surface area contributed by atoms with E-state index in [1.165, 1.54) is 11.3 Å². The number of aryl methyl sites for hydroxylation is 1. The van der Waals surface area contributed by atoms with Crippen molar-refractivity contribution in [1.82, 2.24) is 14.9 Å². The molecule has 3 aromatic carbocycles. The van der Waals surface area contributed by atoms with Crippen molar-refractivity contribution in [2.24, 2.45) is 0 Å². The Bertz CT molecular complexity index is 1920. The number of nitrogens with one attached hydrogen (secondary N) is 2. The van der Waals surface area contributed by atoms with E-state index in [0.29, 0.717) is 60.7 Å². The van der Waals surface area contributed by atoms with E-state index in [2.05, 4.69) is 44.7 Å². The molecule has 11 heteroatoms. The van der Waals surface area contributed by atoms with Crippen LogP contribution in [0.1, 0.15) is 56.8 Å². The Morgan fingerprint density at radius 3 is 2.57 bits per heavy atom. The number of carboxylic acid groups (broad SMARTS) is 1. The van der Waals surface area contributed by atoms with Gasteiger partial charge in [0.15, 0.2) is 10.8 Å². The number of benzene rings is 3. The molecule has 49 heavy (non-hydrogen) atoms. The van der Waals surface area contributed by atoms with E-state index in [-0.39, 0.29) is 11.6 Å². The van der Waals surface area contributed by atoms with Gasteiger partial charge >= 0.3 is 5.97 Å². The number of aromatic carboxylic acids is 1. The van der Waals surface area contributed by atoms with Crippen LogP contribution in [0.5, 0.6) is 5.75 Å². The van der Waals surface area contributed by atoms with Crippen molar-refractivity contribution in [3.63, 3.8) is 0 Å². The molecule has 0 saturated carbocycles. The summed E-state index contributed by atoms with van der Waals surface area (Å²) in [5.41, 5.74) is 5.27. The highest BCUT2D eigenvalue weighted by molar-refractivity contribution is 7.22. The van der Waals surface area contributed by atoms with E-state index in [1.54, 1.807) is 0 Å². The lowest BCUT2D eigenvalue weighted by Crippen LogP contribution is -2.36. The van der Waals surface area contributed by atoms with Crippen molar-refractivity contribution in [3.05, 3.63) is 107 Å². The van der Waals surface area contributed by atoms with Crippen LogP contribution in [-0.4, -0.2) is 71.2 Å². The Kier molecular flexibility index (Phi) is 9.72. The fourth-order valence-electron chi connectivity index (χ4n) is 6.61. The summed E-state index contributed by atoms with van der Waals surface area (Å²) < 4.78 is 6.99. The number of fused-ring (bicyclic) bond motifs is 2. The van der Waals surface area contributed by atoms with E-state index in [0.717, 1.165) is 65.1 Å². The molecule has 0 radical (unpaired) electrons.